The Bertz CT molecular complexity index is 241. The quantitative estimate of drug-likeness (QED) is 0.410. The average Bonchev–Trinajstić information content (AvgIpc) is 2.54. The van der Waals surface area contributed by atoms with Crippen LogP contribution in [0.3, 0.4) is 0 Å². The number of hydrogen-bond acceptors (Lipinski definition) is 0. The SMILES string of the molecule is CCCCCC1CCC(C2CCC(CCCC)CC2)CC1. The fraction of sp³-hybridized carbons (Fsp3) is 1.00. The second-order valence-electron chi connectivity index (χ2n) is 8.20. The number of rotatable bonds is 8. The van der Waals surface area contributed by atoms with Gasteiger partial charge in [0.2, 0.25) is 0 Å². The summed E-state index contributed by atoms with van der Waals surface area (Å²) in [7, 11) is 0. The third kappa shape index (κ3) is 5.95. The summed E-state index contributed by atoms with van der Waals surface area (Å²) < 4.78 is 0. The Labute approximate surface area is 134 Å². The van der Waals surface area contributed by atoms with E-state index in [0.717, 1.165) is 23.7 Å². The van der Waals surface area contributed by atoms with Crippen molar-refractivity contribution >= 4 is 0 Å². The highest BCUT2D eigenvalue weighted by Crippen LogP contribution is 2.43. The molecule has 0 heteroatoms. The van der Waals surface area contributed by atoms with Crippen molar-refractivity contribution in [3.63, 3.8) is 0 Å². The molecule has 0 heterocycles. The van der Waals surface area contributed by atoms with Crippen LogP contribution in [0, 0.1) is 23.7 Å². The van der Waals surface area contributed by atoms with Crippen LogP contribution >= 0.6 is 0 Å². The summed E-state index contributed by atoms with van der Waals surface area (Å²) in [5.74, 6) is 4.40. The molecule has 0 amide bonds. The van der Waals surface area contributed by atoms with Gasteiger partial charge in [0.25, 0.3) is 0 Å². The zero-order chi connectivity index (χ0) is 14.9. The molecule has 0 bridgehead atoms. The molecule has 2 rings (SSSR count). The first-order chi connectivity index (χ1) is 10.3. The predicted molar refractivity (Wildman–Crippen MR) is 94.6 cm³/mol. The highest BCUT2D eigenvalue weighted by molar-refractivity contribution is 4.82. The van der Waals surface area contributed by atoms with E-state index < -0.39 is 0 Å². The summed E-state index contributed by atoms with van der Waals surface area (Å²) in [4.78, 5) is 0. The van der Waals surface area contributed by atoms with Crippen molar-refractivity contribution in [1.82, 2.24) is 0 Å². The molecule has 0 saturated heterocycles. The first-order valence-corrected chi connectivity index (χ1v) is 10.3. The maximum Gasteiger partial charge on any atom is -0.0386 e. The molecule has 0 spiro atoms. The van der Waals surface area contributed by atoms with Gasteiger partial charge < -0.3 is 0 Å². The van der Waals surface area contributed by atoms with E-state index in [1.165, 1.54) is 44.9 Å². The molecule has 2 aliphatic rings. The van der Waals surface area contributed by atoms with Crippen LogP contribution in [0.4, 0.5) is 0 Å². The van der Waals surface area contributed by atoms with Gasteiger partial charge in [-0.2, -0.15) is 0 Å². The average molecular weight is 293 g/mol. The molecule has 0 unspecified atom stereocenters. The molecule has 0 radical (unpaired) electrons. The van der Waals surface area contributed by atoms with E-state index in [-0.39, 0.29) is 0 Å². The highest BCUT2D eigenvalue weighted by atomic mass is 14.4. The Morgan fingerprint density at radius 1 is 0.524 bits per heavy atom. The third-order valence-electron chi connectivity index (χ3n) is 6.63. The monoisotopic (exact) mass is 292 g/mol. The summed E-state index contributed by atoms with van der Waals surface area (Å²) in [6.07, 6.45) is 22.8. The van der Waals surface area contributed by atoms with Crippen LogP contribution < -0.4 is 0 Å². The Kier molecular flexibility index (Phi) is 8.19. The molecule has 0 aromatic heterocycles. The molecular formula is C21H40. The van der Waals surface area contributed by atoms with E-state index in [2.05, 4.69) is 13.8 Å². The summed E-state index contributed by atoms with van der Waals surface area (Å²) in [5.41, 5.74) is 0. The van der Waals surface area contributed by atoms with Crippen molar-refractivity contribution in [3.8, 4) is 0 Å². The zero-order valence-corrected chi connectivity index (χ0v) is 14.9. The molecular weight excluding hydrogens is 252 g/mol. The van der Waals surface area contributed by atoms with Gasteiger partial charge in [-0.05, 0) is 49.4 Å². The fourth-order valence-electron chi connectivity index (χ4n) is 5.07. The Morgan fingerprint density at radius 3 is 1.38 bits per heavy atom. The van der Waals surface area contributed by atoms with Crippen LogP contribution in [0.5, 0.6) is 0 Å². The lowest BCUT2D eigenvalue weighted by Gasteiger charge is -2.38. The Balaban J connectivity index is 1.60. The summed E-state index contributed by atoms with van der Waals surface area (Å²) >= 11 is 0. The van der Waals surface area contributed by atoms with Gasteiger partial charge in [0.15, 0.2) is 0 Å². The smallest absolute Gasteiger partial charge is 0.0386 e. The van der Waals surface area contributed by atoms with Crippen LogP contribution in [0.15, 0.2) is 0 Å². The third-order valence-corrected chi connectivity index (χ3v) is 6.63. The normalized spacial score (nSPS) is 34.0. The van der Waals surface area contributed by atoms with Gasteiger partial charge in [0.1, 0.15) is 0 Å². The van der Waals surface area contributed by atoms with E-state index in [1.54, 1.807) is 51.4 Å². The maximum absolute atomic E-state index is 2.34. The minimum atomic E-state index is 1.09. The number of unbranched alkanes of at least 4 members (excludes halogenated alkanes) is 3. The lowest BCUT2D eigenvalue weighted by atomic mass is 9.68. The molecule has 124 valence electrons. The van der Waals surface area contributed by atoms with Crippen molar-refractivity contribution in [2.24, 2.45) is 23.7 Å². The van der Waals surface area contributed by atoms with Gasteiger partial charge >= 0.3 is 0 Å². The second kappa shape index (κ2) is 9.90. The van der Waals surface area contributed by atoms with E-state index in [9.17, 15) is 0 Å². The zero-order valence-electron chi connectivity index (χ0n) is 14.9. The van der Waals surface area contributed by atoms with Crippen molar-refractivity contribution in [2.45, 2.75) is 110 Å². The molecule has 0 aromatic rings. The lowest BCUT2D eigenvalue weighted by Crippen LogP contribution is -2.25. The lowest BCUT2D eigenvalue weighted by molar-refractivity contribution is 0.139. The standard InChI is InChI=1S/C21H40/c1-3-5-7-9-19-12-16-21(17-13-19)20-14-10-18(11-15-20)8-6-4-2/h18-21H,3-17H2,1-2H3. The molecule has 2 fully saturated rings. The number of hydrogen-bond donors (Lipinski definition) is 0. The summed E-state index contributed by atoms with van der Waals surface area (Å²) in [5, 5.41) is 0. The molecule has 0 atom stereocenters. The molecule has 0 aliphatic heterocycles. The topological polar surface area (TPSA) is 0 Å². The van der Waals surface area contributed by atoms with Gasteiger partial charge in [0, 0.05) is 0 Å². The first kappa shape index (κ1) is 17.4. The van der Waals surface area contributed by atoms with Crippen molar-refractivity contribution in [2.75, 3.05) is 0 Å². The van der Waals surface area contributed by atoms with Crippen molar-refractivity contribution in [1.29, 1.82) is 0 Å². The van der Waals surface area contributed by atoms with Crippen LogP contribution in [-0.4, -0.2) is 0 Å². The van der Waals surface area contributed by atoms with E-state index in [0.29, 0.717) is 0 Å². The van der Waals surface area contributed by atoms with Gasteiger partial charge in [-0.3, -0.25) is 0 Å². The fourth-order valence-corrected chi connectivity index (χ4v) is 5.07. The van der Waals surface area contributed by atoms with Gasteiger partial charge in [0.05, 0.1) is 0 Å². The maximum atomic E-state index is 2.34. The largest absolute Gasteiger partial charge is 0.0654 e. The summed E-state index contributed by atoms with van der Waals surface area (Å²) in [6.45, 7) is 4.67. The molecule has 2 saturated carbocycles. The van der Waals surface area contributed by atoms with Gasteiger partial charge in [-0.25, -0.2) is 0 Å². The van der Waals surface area contributed by atoms with Crippen molar-refractivity contribution < 1.29 is 0 Å². The molecule has 21 heavy (non-hydrogen) atoms. The van der Waals surface area contributed by atoms with Crippen molar-refractivity contribution in [3.05, 3.63) is 0 Å². The van der Waals surface area contributed by atoms with Gasteiger partial charge in [-0.1, -0.05) is 84.5 Å². The van der Waals surface area contributed by atoms with Crippen LogP contribution in [-0.2, 0) is 0 Å². The predicted octanol–water partition coefficient (Wildman–Crippen LogP) is 7.37. The second-order valence-corrected chi connectivity index (χ2v) is 8.20. The highest BCUT2D eigenvalue weighted by Gasteiger charge is 2.30. The Hall–Kier alpha value is 0. The van der Waals surface area contributed by atoms with Crippen LogP contribution in [0.1, 0.15) is 110 Å². The minimum Gasteiger partial charge on any atom is -0.0654 e. The molecule has 0 nitrogen and oxygen atoms in total. The van der Waals surface area contributed by atoms with Crippen LogP contribution in [0.25, 0.3) is 0 Å². The van der Waals surface area contributed by atoms with Gasteiger partial charge in [-0.15, -0.1) is 0 Å². The summed E-state index contributed by atoms with van der Waals surface area (Å²) in [6, 6.07) is 0. The van der Waals surface area contributed by atoms with E-state index in [1.807, 2.05) is 0 Å². The first-order valence-electron chi connectivity index (χ1n) is 10.3. The van der Waals surface area contributed by atoms with E-state index >= 15 is 0 Å². The Morgan fingerprint density at radius 2 is 0.952 bits per heavy atom. The molecule has 2 aliphatic carbocycles. The van der Waals surface area contributed by atoms with Crippen LogP contribution in [0.2, 0.25) is 0 Å². The molecule has 0 aromatic carbocycles. The molecule has 0 N–H and O–H groups in total. The van der Waals surface area contributed by atoms with E-state index in [4.69, 9.17) is 0 Å². The minimum absolute atomic E-state index is 1.09.